The number of anilines is 6. The first-order chi connectivity index (χ1) is 28.7. The average molecular weight is 801 g/mol. The van der Waals surface area contributed by atoms with Crippen molar-refractivity contribution in [2.45, 2.75) is 125 Å². The quantitative estimate of drug-likeness (QED) is 0.166. The van der Waals surface area contributed by atoms with E-state index >= 15 is 0 Å². The molecule has 1 aromatic heterocycles. The molecule has 0 N–H and O–H groups in total. The van der Waals surface area contributed by atoms with Crippen molar-refractivity contribution in [2.75, 3.05) is 9.80 Å². The monoisotopic (exact) mass is 800 g/mol. The second-order valence-corrected chi connectivity index (χ2v) is 21.9. The number of hydrogen-bond donors (Lipinski definition) is 0. The number of rotatable bonds is 3. The van der Waals surface area contributed by atoms with Crippen molar-refractivity contribution < 1.29 is 4.42 Å². The molecule has 0 atom stereocenters. The van der Waals surface area contributed by atoms with E-state index in [1.807, 2.05) is 0 Å². The fraction of sp³-hybridized carbons (Fsp3) is 0.333. The molecule has 6 aromatic carbocycles. The van der Waals surface area contributed by atoms with Gasteiger partial charge in [-0.15, -0.1) is 0 Å². The van der Waals surface area contributed by atoms with E-state index in [0.717, 1.165) is 29.8 Å². The lowest BCUT2D eigenvalue weighted by Gasteiger charge is -2.43. The summed E-state index contributed by atoms with van der Waals surface area (Å²) in [4.78, 5) is 5.07. The minimum absolute atomic E-state index is 0.0323. The van der Waals surface area contributed by atoms with Crippen molar-refractivity contribution in [3.63, 3.8) is 0 Å². The zero-order valence-corrected chi connectivity index (χ0v) is 38.7. The van der Waals surface area contributed by atoms with Gasteiger partial charge in [-0.05, 0) is 171 Å². The molecule has 0 amide bonds. The molecule has 0 spiro atoms. The van der Waals surface area contributed by atoms with Gasteiger partial charge in [-0.1, -0.05) is 124 Å². The highest BCUT2D eigenvalue weighted by atomic mass is 16.3. The van der Waals surface area contributed by atoms with Crippen molar-refractivity contribution in [3.05, 3.63) is 148 Å². The van der Waals surface area contributed by atoms with Crippen LogP contribution in [0.3, 0.4) is 0 Å². The van der Waals surface area contributed by atoms with Gasteiger partial charge in [0.25, 0.3) is 6.71 Å². The Kier molecular flexibility index (Phi) is 8.62. The van der Waals surface area contributed by atoms with Gasteiger partial charge in [0.1, 0.15) is 5.58 Å². The number of fused-ring (bicyclic) bond motifs is 7. The Bertz CT molecular complexity index is 2890. The molecule has 3 aliphatic rings. The first kappa shape index (κ1) is 39.6. The highest BCUT2D eigenvalue weighted by molar-refractivity contribution is 7.00. The molecule has 0 saturated carbocycles. The summed E-state index contributed by atoms with van der Waals surface area (Å²) in [6.45, 7) is 30.2. The first-order valence-corrected chi connectivity index (χ1v) is 22.5. The van der Waals surface area contributed by atoms with Gasteiger partial charge in [-0.25, -0.2) is 0 Å². The Balaban J connectivity index is 1.29. The van der Waals surface area contributed by atoms with Crippen LogP contribution < -0.4 is 26.4 Å². The molecule has 61 heavy (non-hydrogen) atoms. The van der Waals surface area contributed by atoms with Gasteiger partial charge in [-0.2, -0.15) is 0 Å². The SMILES string of the molecule is Cc1cc2c3c(c1)N(c1ccc(-c4c(C)cccc4C)cc1)c1c(oc4cc5c(cc14)C(C)(C)CCC5(C)C)B3c1cc(C(C)(C)C)ccc1N2c1ccc(C(C)(C)C)cc1. The van der Waals surface area contributed by atoms with Gasteiger partial charge in [0.05, 0.1) is 11.3 Å². The average Bonchev–Trinajstić information content (AvgIpc) is 3.57. The molecule has 0 unspecified atom stereocenters. The van der Waals surface area contributed by atoms with Gasteiger partial charge in [0.15, 0.2) is 0 Å². The van der Waals surface area contributed by atoms with Gasteiger partial charge in [0.2, 0.25) is 0 Å². The Morgan fingerprint density at radius 1 is 0.574 bits per heavy atom. The predicted octanol–water partition coefficient (Wildman–Crippen LogP) is 14.1. The second-order valence-electron chi connectivity index (χ2n) is 21.9. The van der Waals surface area contributed by atoms with Crippen LogP contribution in [0, 0.1) is 20.8 Å². The van der Waals surface area contributed by atoms with Crippen LogP contribution in [0.25, 0.3) is 22.1 Å². The molecule has 10 rings (SSSR count). The van der Waals surface area contributed by atoms with Crippen LogP contribution in [-0.2, 0) is 21.7 Å². The van der Waals surface area contributed by atoms with E-state index in [2.05, 4.69) is 209 Å². The summed E-state index contributed by atoms with van der Waals surface area (Å²) in [5, 5.41) is 1.20. The fourth-order valence-electron chi connectivity index (χ4n) is 10.9. The molecular weight excluding hydrogens is 739 g/mol. The van der Waals surface area contributed by atoms with Crippen molar-refractivity contribution in [3.8, 4) is 11.1 Å². The van der Waals surface area contributed by atoms with E-state index in [-0.39, 0.29) is 28.4 Å². The summed E-state index contributed by atoms with van der Waals surface area (Å²) in [5.74, 6) is 0. The smallest absolute Gasteiger partial charge is 0.297 e. The zero-order chi connectivity index (χ0) is 43.1. The Hall–Kier alpha value is -5.48. The van der Waals surface area contributed by atoms with Crippen LogP contribution >= 0.6 is 0 Å². The minimum Gasteiger partial charge on any atom is -0.468 e. The molecule has 1 aliphatic carbocycles. The number of furan rings is 1. The summed E-state index contributed by atoms with van der Waals surface area (Å²) in [5.41, 5.74) is 23.7. The number of benzene rings is 6. The van der Waals surface area contributed by atoms with E-state index in [4.69, 9.17) is 4.42 Å². The molecule has 3 nitrogen and oxygen atoms in total. The summed E-state index contributed by atoms with van der Waals surface area (Å²) in [6, 6.07) is 42.2. The van der Waals surface area contributed by atoms with Crippen molar-refractivity contribution in [1.82, 2.24) is 0 Å². The van der Waals surface area contributed by atoms with E-state index in [9.17, 15) is 0 Å². The Morgan fingerprint density at radius 2 is 1.11 bits per heavy atom. The molecule has 308 valence electrons. The maximum Gasteiger partial charge on any atom is 0.297 e. The Labute approximate surface area is 364 Å². The summed E-state index contributed by atoms with van der Waals surface area (Å²) in [6.07, 6.45) is 2.32. The predicted molar refractivity (Wildman–Crippen MR) is 263 cm³/mol. The maximum absolute atomic E-state index is 7.49. The third-order valence-corrected chi connectivity index (χ3v) is 14.5. The van der Waals surface area contributed by atoms with Crippen LogP contribution in [0.2, 0.25) is 0 Å². The van der Waals surface area contributed by atoms with Gasteiger partial charge in [-0.3, -0.25) is 0 Å². The Morgan fingerprint density at radius 3 is 1.72 bits per heavy atom. The third kappa shape index (κ3) is 6.14. The topological polar surface area (TPSA) is 19.6 Å². The van der Waals surface area contributed by atoms with Gasteiger partial charge in [0, 0.05) is 33.8 Å². The van der Waals surface area contributed by atoms with Crippen molar-refractivity contribution in [1.29, 1.82) is 0 Å². The summed E-state index contributed by atoms with van der Waals surface area (Å²) in [7, 11) is 0. The minimum atomic E-state index is -0.0985. The maximum atomic E-state index is 7.49. The van der Waals surface area contributed by atoms with Crippen LogP contribution in [0.5, 0.6) is 0 Å². The van der Waals surface area contributed by atoms with Crippen molar-refractivity contribution >= 4 is 68.4 Å². The lowest BCUT2D eigenvalue weighted by atomic mass is 9.35. The standard InChI is InChI=1S/C57H61BN2O/c1-34-29-47-51-48(30-34)60(41-22-17-37(18-23-41)50-35(2)15-14-16-36(50)3)52-42-32-43-44(57(12,13)28-27-56(43,10)11)33-49(42)61-53(52)58(51)45-31-39(55(7,8)9)21-26-46(45)59(47)40-24-19-38(20-25-40)54(4,5)6/h14-26,29-33H,27-28H2,1-13H3. The highest BCUT2D eigenvalue weighted by Crippen LogP contribution is 2.52. The van der Waals surface area contributed by atoms with Crippen molar-refractivity contribution in [2.24, 2.45) is 0 Å². The summed E-state index contributed by atoms with van der Waals surface area (Å²) >= 11 is 0. The van der Waals surface area contributed by atoms with E-state index in [0.29, 0.717) is 0 Å². The fourth-order valence-corrected chi connectivity index (χ4v) is 10.9. The third-order valence-electron chi connectivity index (χ3n) is 14.5. The van der Waals surface area contributed by atoms with E-state index in [1.54, 1.807) is 0 Å². The lowest BCUT2D eigenvalue weighted by Crippen LogP contribution is -2.61. The molecule has 0 saturated heterocycles. The lowest BCUT2D eigenvalue weighted by molar-refractivity contribution is 0.332. The molecule has 4 heteroatoms. The first-order valence-electron chi connectivity index (χ1n) is 22.5. The molecular formula is C57H61BN2O. The van der Waals surface area contributed by atoms with E-state index < -0.39 is 0 Å². The number of hydrogen-bond acceptors (Lipinski definition) is 3. The van der Waals surface area contributed by atoms with Crippen LogP contribution in [0.4, 0.5) is 34.1 Å². The summed E-state index contributed by atoms with van der Waals surface area (Å²) < 4.78 is 7.49. The normalized spacial score (nSPS) is 16.3. The molecule has 7 aromatic rings. The van der Waals surface area contributed by atoms with Gasteiger partial charge >= 0.3 is 0 Å². The molecule has 2 aliphatic heterocycles. The van der Waals surface area contributed by atoms with Crippen LogP contribution in [-0.4, -0.2) is 6.71 Å². The number of aryl methyl sites for hydroxylation is 3. The van der Waals surface area contributed by atoms with Crippen LogP contribution in [0.15, 0.2) is 114 Å². The van der Waals surface area contributed by atoms with E-state index in [1.165, 1.54) is 94.8 Å². The highest BCUT2D eigenvalue weighted by Gasteiger charge is 2.48. The largest absolute Gasteiger partial charge is 0.468 e. The second kappa shape index (κ2) is 13.3. The molecule has 3 heterocycles. The molecule has 0 bridgehead atoms. The van der Waals surface area contributed by atoms with Gasteiger partial charge < -0.3 is 14.2 Å². The van der Waals surface area contributed by atoms with Crippen LogP contribution in [0.1, 0.15) is 121 Å². The molecule has 0 fully saturated rings. The molecule has 0 radical (unpaired) electrons. The number of nitrogens with zero attached hydrogens (tertiary/aromatic N) is 2. The zero-order valence-electron chi connectivity index (χ0n) is 38.7.